The molecule has 1 saturated carbocycles. The summed E-state index contributed by atoms with van der Waals surface area (Å²) in [4.78, 5) is 3.82. The van der Waals surface area contributed by atoms with Crippen molar-refractivity contribution in [2.24, 2.45) is 0 Å². The average Bonchev–Trinajstić information content (AvgIpc) is 2.32. The van der Waals surface area contributed by atoms with Gasteiger partial charge in [-0.3, -0.25) is 0 Å². The summed E-state index contributed by atoms with van der Waals surface area (Å²) in [5, 5.41) is 9.76. The molecule has 0 bridgehead atoms. The lowest BCUT2D eigenvalue weighted by Gasteiger charge is -2.27. The van der Waals surface area contributed by atoms with Crippen LogP contribution < -0.4 is 10.5 Å². The van der Waals surface area contributed by atoms with Gasteiger partial charge in [0.25, 0.3) is 0 Å². The quantitative estimate of drug-likeness (QED) is 0.730. The summed E-state index contributed by atoms with van der Waals surface area (Å²) >= 11 is 0. The van der Waals surface area contributed by atoms with Gasteiger partial charge in [0, 0.05) is 12.2 Å². The molecule has 1 fully saturated rings. The molecule has 2 rings (SSSR count). The second-order valence-corrected chi connectivity index (χ2v) is 6.21. The second kappa shape index (κ2) is 5.21. The van der Waals surface area contributed by atoms with E-state index in [9.17, 15) is 13.5 Å². The Morgan fingerprint density at radius 3 is 2.67 bits per heavy atom. The van der Waals surface area contributed by atoms with Gasteiger partial charge in [-0.1, -0.05) is 12.8 Å². The topological polar surface area (TPSA) is 105 Å². The molecule has 0 amide bonds. The lowest BCUT2D eigenvalue weighted by atomic mass is 9.93. The summed E-state index contributed by atoms with van der Waals surface area (Å²) in [5.41, 5.74) is 5.41. The fourth-order valence-electron chi connectivity index (χ4n) is 2.07. The number of pyridine rings is 1. The van der Waals surface area contributed by atoms with Crippen LogP contribution in [0.25, 0.3) is 0 Å². The standard InChI is InChI=1S/C11H17N3O3S/c12-11-6-5-8(7-13-11)18(16,17)14-9-3-1-2-4-10(9)15/h5-7,9-10,14-15H,1-4H2,(H2,12,13)/t9-,10-/m1/s1. The van der Waals surface area contributed by atoms with Gasteiger partial charge in [-0.25, -0.2) is 18.1 Å². The molecule has 0 saturated heterocycles. The van der Waals surface area contributed by atoms with Crippen LogP contribution in [0.4, 0.5) is 5.82 Å². The minimum absolute atomic E-state index is 0.0643. The smallest absolute Gasteiger partial charge is 0.242 e. The van der Waals surface area contributed by atoms with Crippen molar-refractivity contribution < 1.29 is 13.5 Å². The Hall–Kier alpha value is -1.18. The van der Waals surface area contributed by atoms with E-state index >= 15 is 0 Å². The molecule has 2 atom stereocenters. The number of aliphatic hydroxyl groups excluding tert-OH is 1. The lowest BCUT2D eigenvalue weighted by molar-refractivity contribution is 0.101. The van der Waals surface area contributed by atoms with Crippen LogP contribution in [0.2, 0.25) is 0 Å². The van der Waals surface area contributed by atoms with Crippen LogP contribution in [0.3, 0.4) is 0 Å². The molecular weight excluding hydrogens is 254 g/mol. The highest BCUT2D eigenvalue weighted by Crippen LogP contribution is 2.20. The van der Waals surface area contributed by atoms with Crippen molar-refractivity contribution in [1.82, 2.24) is 9.71 Å². The van der Waals surface area contributed by atoms with Crippen LogP contribution in [-0.2, 0) is 10.0 Å². The summed E-state index contributed by atoms with van der Waals surface area (Å²) in [6, 6.07) is 2.42. The van der Waals surface area contributed by atoms with E-state index in [4.69, 9.17) is 5.73 Å². The Balaban J connectivity index is 2.13. The molecule has 1 aliphatic carbocycles. The summed E-state index contributed by atoms with van der Waals surface area (Å²) < 4.78 is 26.6. The van der Waals surface area contributed by atoms with Crippen molar-refractivity contribution in [2.45, 2.75) is 42.7 Å². The molecule has 1 heterocycles. The van der Waals surface area contributed by atoms with E-state index in [1.54, 1.807) is 0 Å². The molecule has 4 N–H and O–H groups in total. The molecule has 0 spiro atoms. The molecule has 7 heteroatoms. The SMILES string of the molecule is Nc1ccc(S(=O)(=O)N[C@@H]2CCCC[C@H]2O)cn1. The molecule has 0 unspecified atom stereocenters. The number of anilines is 1. The molecule has 1 aliphatic rings. The van der Waals surface area contributed by atoms with Gasteiger partial charge in [0.1, 0.15) is 10.7 Å². The van der Waals surface area contributed by atoms with Gasteiger partial charge in [-0.2, -0.15) is 0 Å². The molecule has 0 radical (unpaired) electrons. The van der Waals surface area contributed by atoms with Crippen LogP contribution in [-0.4, -0.2) is 30.7 Å². The number of aromatic nitrogens is 1. The molecule has 100 valence electrons. The zero-order valence-corrected chi connectivity index (χ0v) is 10.7. The van der Waals surface area contributed by atoms with Gasteiger partial charge in [0.2, 0.25) is 10.0 Å². The van der Waals surface area contributed by atoms with Crippen LogP contribution in [0.5, 0.6) is 0 Å². The van der Waals surface area contributed by atoms with Gasteiger partial charge in [-0.05, 0) is 25.0 Å². The second-order valence-electron chi connectivity index (χ2n) is 4.50. The minimum Gasteiger partial charge on any atom is -0.391 e. The Labute approximate surface area is 106 Å². The van der Waals surface area contributed by atoms with Gasteiger partial charge in [0.05, 0.1) is 6.10 Å². The van der Waals surface area contributed by atoms with Crippen molar-refractivity contribution in [3.05, 3.63) is 18.3 Å². The largest absolute Gasteiger partial charge is 0.391 e. The van der Waals surface area contributed by atoms with E-state index in [1.165, 1.54) is 18.3 Å². The van der Waals surface area contributed by atoms with Gasteiger partial charge in [0.15, 0.2) is 0 Å². The highest BCUT2D eigenvalue weighted by Gasteiger charge is 2.28. The summed E-state index contributed by atoms with van der Waals surface area (Å²) in [6.45, 7) is 0. The molecular formula is C11H17N3O3S. The first-order valence-corrected chi connectivity index (χ1v) is 7.39. The predicted molar refractivity (Wildman–Crippen MR) is 67.2 cm³/mol. The number of nitrogens with zero attached hydrogens (tertiary/aromatic N) is 1. The van der Waals surface area contributed by atoms with E-state index in [0.29, 0.717) is 12.8 Å². The lowest BCUT2D eigenvalue weighted by Crippen LogP contribution is -2.44. The summed E-state index contributed by atoms with van der Waals surface area (Å²) in [5.74, 6) is 0.270. The maximum absolute atomic E-state index is 12.1. The molecule has 0 aliphatic heterocycles. The molecule has 6 nitrogen and oxygen atoms in total. The number of rotatable bonds is 3. The number of nitrogens with one attached hydrogen (secondary N) is 1. The van der Waals surface area contributed by atoms with Crippen molar-refractivity contribution in [3.8, 4) is 0 Å². The Bertz CT molecular complexity index is 501. The average molecular weight is 271 g/mol. The highest BCUT2D eigenvalue weighted by molar-refractivity contribution is 7.89. The van der Waals surface area contributed by atoms with E-state index in [1.807, 2.05) is 0 Å². The van der Waals surface area contributed by atoms with Crippen LogP contribution in [0, 0.1) is 0 Å². The zero-order chi connectivity index (χ0) is 13.2. The van der Waals surface area contributed by atoms with Crippen LogP contribution in [0.1, 0.15) is 25.7 Å². The van der Waals surface area contributed by atoms with Crippen molar-refractivity contribution in [3.63, 3.8) is 0 Å². The van der Waals surface area contributed by atoms with Gasteiger partial charge >= 0.3 is 0 Å². The van der Waals surface area contributed by atoms with Crippen LogP contribution in [0.15, 0.2) is 23.2 Å². The number of nitrogen functional groups attached to an aromatic ring is 1. The molecule has 1 aromatic rings. The number of hydrogen-bond acceptors (Lipinski definition) is 5. The fraction of sp³-hybridized carbons (Fsp3) is 0.545. The summed E-state index contributed by atoms with van der Waals surface area (Å²) in [6.07, 6.45) is 3.74. The number of nitrogens with two attached hydrogens (primary N) is 1. The Morgan fingerprint density at radius 2 is 2.06 bits per heavy atom. The van der Waals surface area contributed by atoms with Crippen LogP contribution >= 0.6 is 0 Å². The Morgan fingerprint density at radius 1 is 1.33 bits per heavy atom. The van der Waals surface area contributed by atoms with E-state index in [-0.39, 0.29) is 10.7 Å². The molecule has 0 aromatic carbocycles. The number of hydrogen-bond donors (Lipinski definition) is 3. The van der Waals surface area contributed by atoms with E-state index < -0.39 is 22.2 Å². The Kier molecular flexibility index (Phi) is 3.84. The third-order valence-electron chi connectivity index (χ3n) is 3.11. The molecule has 1 aromatic heterocycles. The zero-order valence-electron chi connectivity index (χ0n) is 9.91. The van der Waals surface area contributed by atoms with Crippen molar-refractivity contribution >= 4 is 15.8 Å². The first kappa shape index (κ1) is 13.3. The first-order chi connectivity index (χ1) is 8.49. The fourth-order valence-corrected chi connectivity index (χ4v) is 3.32. The maximum atomic E-state index is 12.1. The number of sulfonamides is 1. The molecule has 18 heavy (non-hydrogen) atoms. The normalized spacial score (nSPS) is 24.9. The number of aliphatic hydroxyl groups is 1. The highest BCUT2D eigenvalue weighted by atomic mass is 32.2. The minimum atomic E-state index is -3.64. The summed E-state index contributed by atoms with van der Waals surface area (Å²) in [7, 11) is -3.64. The van der Waals surface area contributed by atoms with Crippen molar-refractivity contribution in [2.75, 3.05) is 5.73 Å². The third-order valence-corrected chi connectivity index (χ3v) is 4.58. The maximum Gasteiger partial charge on any atom is 0.242 e. The predicted octanol–water partition coefficient (Wildman–Crippen LogP) is 0.246. The first-order valence-electron chi connectivity index (χ1n) is 5.91. The third kappa shape index (κ3) is 2.98. The van der Waals surface area contributed by atoms with E-state index in [2.05, 4.69) is 9.71 Å². The monoisotopic (exact) mass is 271 g/mol. The van der Waals surface area contributed by atoms with Gasteiger partial charge in [-0.15, -0.1) is 0 Å². The van der Waals surface area contributed by atoms with Crippen molar-refractivity contribution in [1.29, 1.82) is 0 Å². The van der Waals surface area contributed by atoms with Gasteiger partial charge < -0.3 is 10.8 Å². The van der Waals surface area contributed by atoms with E-state index in [0.717, 1.165) is 12.8 Å².